The Morgan fingerprint density at radius 2 is 2.15 bits per heavy atom. The summed E-state index contributed by atoms with van der Waals surface area (Å²) in [7, 11) is 0. The summed E-state index contributed by atoms with van der Waals surface area (Å²) in [6.45, 7) is 7.03. The first-order valence-corrected chi connectivity index (χ1v) is 10.6. The quantitative estimate of drug-likeness (QED) is 0.773. The first-order chi connectivity index (χ1) is 13.0. The highest BCUT2D eigenvalue weighted by Gasteiger charge is 2.29. The van der Waals surface area contributed by atoms with E-state index in [0.29, 0.717) is 12.1 Å². The Kier molecular flexibility index (Phi) is 5.58. The molecule has 2 saturated heterocycles. The van der Waals surface area contributed by atoms with E-state index in [4.69, 9.17) is 4.74 Å². The van der Waals surface area contributed by atoms with Crippen molar-refractivity contribution >= 4 is 10.9 Å². The van der Waals surface area contributed by atoms with Crippen LogP contribution in [0.25, 0.3) is 10.9 Å². The highest BCUT2D eigenvalue weighted by atomic mass is 16.5. The topological polar surface area (TPSA) is 48.5 Å². The van der Waals surface area contributed by atoms with Crippen molar-refractivity contribution in [1.82, 2.24) is 9.88 Å². The van der Waals surface area contributed by atoms with Gasteiger partial charge in [-0.05, 0) is 88.6 Å². The zero-order chi connectivity index (χ0) is 18.9. The lowest BCUT2D eigenvalue weighted by molar-refractivity contribution is 0.0690. The fraction of sp³-hybridized carbons (Fsp3) is 0.652. The van der Waals surface area contributed by atoms with Crippen LogP contribution in [0.1, 0.15) is 57.1 Å². The highest BCUT2D eigenvalue weighted by molar-refractivity contribution is 5.84. The standard InChI is InChI=1S/C23H34N2O2/c1-23(2,26)10-9-17-7-8-22-21(13-17)18(15-24-22)14-19-5-3-11-25(19)16-20-6-4-12-27-20/h7-8,13,15,19-20,24,26H,3-6,9-12,14,16H2,1-2H3/t19-,20-/m1/s1. The van der Waals surface area contributed by atoms with E-state index in [0.717, 1.165) is 32.4 Å². The second-order valence-electron chi connectivity index (χ2n) is 9.14. The molecule has 2 aliphatic rings. The van der Waals surface area contributed by atoms with Gasteiger partial charge in [-0.3, -0.25) is 4.90 Å². The number of ether oxygens (including phenoxy) is 1. The van der Waals surface area contributed by atoms with E-state index in [1.807, 2.05) is 13.8 Å². The number of rotatable bonds is 7. The van der Waals surface area contributed by atoms with Crippen LogP contribution in [0.2, 0.25) is 0 Å². The number of aryl methyl sites for hydroxylation is 1. The minimum absolute atomic E-state index is 0.446. The molecule has 3 heterocycles. The lowest BCUT2D eigenvalue weighted by Crippen LogP contribution is -2.37. The van der Waals surface area contributed by atoms with E-state index in [-0.39, 0.29) is 0 Å². The van der Waals surface area contributed by atoms with E-state index < -0.39 is 5.60 Å². The molecule has 148 valence electrons. The molecular formula is C23H34N2O2. The fourth-order valence-corrected chi connectivity index (χ4v) is 4.67. The van der Waals surface area contributed by atoms with Crippen LogP contribution in [0.4, 0.5) is 0 Å². The van der Waals surface area contributed by atoms with Crippen LogP contribution in [-0.4, -0.2) is 52.4 Å². The fourth-order valence-electron chi connectivity index (χ4n) is 4.67. The molecule has 0 saturated carbocycles. The van der Waals surface area contributed by atoms with Gasteiger partial charge in [-0.1, -0.05) is 6.07 Å². The van der Waals surface area contributed by atoms with Gasteiger partial charge < -0.3 is 14.8 Å². The molecule has 2 atom stereocenters. The van der Waals surface area contributed by atoms with Gasteiger partial charge in [-0.2, -0.15) is 0 Å². The molecule has 1 aromatic carbocycles. The van der Waals surface area contributed by atoms with E-state index in [2.05, 4.69) is 34.3 Å². The first kappa shape index (κ1) is 19.0. The van der Waals surface area contributed by atoms with Crippen LogP contribution < -0.4 is 0 Å². The zero-order valence-electron chi connectivity index (χ0n) is 16.8. The molecule has 0 spiro atoms. The Bertz CT molecular complexity index is 755. The average molecular weight is 371 g/mol. The molecule has 4 rings (SSSR count). The number of hydrogen-bond donors (Lipinski definition) is 2. The zero-order valence-corrected chi connectivity index (χ0v) is 16.8. The average Bonchev–Trinajstić information content (AvgIpc) is 3.36. The van der Waals surface area contributed by atoms with Crippen LogP contribution in [0, 0.1) is 0 Å². The van der Waals surface area contributed by atoms with Gasteiger partial charge >= 0.3 is 0 Å². The molecule has 2 N–H and O–H groups in total. The van der Waals surface area contributed by atoms with Crippen molar-refractivity contribution in [2.45, 2.75) is 76.5 Å². The Hall–Kier alpha value is -1.36. The number of nitrogens with one attached hydrogen (secondary N) is 1. The smallest absolute Gasteiger partial charge is 0.0702 e. The number of aromatic nitrogens is 1. The molecule has 0 aliphatic carbocycles. The molecule has 0 radical (unpaired) electrons. The van der Waals surface area contributed by atoms with Crippen molar-refractivity contribution in [3.8, 4) is 0 Å². The number of nitrogens with zero attached hydrogens (tertiary/aromatic N) is 1. The minimum Gasteiger partial charge on any atom is -0.390 e. The first-order valence-electron chi connectivity index (χ1n) is 10.6. The van der Waals surface area contributed by atoms with Crippen molar-refractivity contribution in [3.05, 3.63) is 35.5 Å². The third-order valence-electron chi connectivity index (χ3n) is 6.27. The predicted octanol–water partition coefficient (Wildman–Crippen LogP) is 4.06. The molecule has 27 heavy (non-hydrogen) atoms. The van der Waals surface area contributed by atoms with Gasteiger partial charge in [-0.15, -0.1) is 0 Å². The molecule has 2 fully saturated rings. The maximum atomic E-state index is 10.0. The Labute approximate surface area is 162 Å². The number of aliphatic hydroxyl groups is 1. The summed E-state index contributed by atoms with van der Waals surface area (Å²) in [6.07, 6.45) is 10.5. The van der Waals surface area contributed by atoms with E-state index in [1.54, 1.807) is 0 Å². The van der Waals surface area contributed by atoms with Gasteiger partial charge in [0.2, 0.25) is 0 Å². The van der Waals surface area contributed by atoms with Gasteiger partial charge in [-0.25, -0.2) is 0 Å². The number of hydrogen-bond acceptors (Lipinski definition) is 3. The Morgan fingerprint density at radius 1 is 1.26 bits per heavy atom. The predicted molar refractivity (Wildman–Crippen MR) is 110 cm³/mol. The van der Waals surface area contributed by atoms with Gasteiger partial charge in [0.1, 0.15) is 0 Å². The highest BCUT2D eigenvalue weighted by Crippen LogP contribution is 2.28. The molecule has 4 heteroatoms. The van der Waals surface area contributed by atoms with Crippen LogP contribution in [0.3, 0.4) is 0 Å². The van der Waals surface area contributed by atoms with E-state index in [9.17, 15) is 5.11 Å². The maximum absolute atomic E-state index is 10.0. The summed E-state index contributed by atoms with van der Waals surface area (Å²) in [5.74, 6) is 0. The molecule has 4 nitrogen and oxygen atoms in total. The molecule has 0 amide bonds. The number of likely N-dealkylation sites (tertiary alicyclic amines) is 1. The lowest BCUT2D eigenvalue weighted by Gasteiger charge is -2.26. The van der Waals surface area contributed by atoms with Crippen molar-refractivity contribution in [2.75, 3.05) is 19.7 Å². The van der Waals surface area contributed by atoms with Crippen LogP contribution >= 0.6 is 0 Å². The summed E-state index contributed by atoms with van der Waals surface area (Å²) >= 11 is 0. The largest absolute Gasteiger partial charge is 0.390 e. The third-order valence-corrected chi connectivity index (χ3v) is 6.27. The SMILES string of the molecule is CC(C)(O)CCc1ccc2[nH]cc(C[C@H]3CCCN3C[C@H]3CCCO3)c2c1. The summed E-state index contributed by atoms with van der Waals surface area (Å²) in [5.41, 5.74) is 3.36. The van der Waals surface area contributed by atoms with Crippen molar-refractivity contribution < 1.29 is 9.84 Å². The normalized spacial score (nSPS) is 24.3. The number of aromatic amines is 1. The van der Waals surface area contributed by atoms with Crippen molar-refractivity contribution in [3.63, 3.8) is 0 Å². The second-order valence-corrected chi connectivity index (χ2v) is 9.14. The van der Waals surface area contributed by atoms with Crippen molar-refractivity contribution in [1.29, 1.82) is 0 Å². The summed E-state index contributed by atoms with van der Waals surface area (Å²) < 4.78 is 5.87. The summed E-state index contributed by atoms with van der Waals surface area (Å²) in [4.78, 5) is 6.12. The Balaban J connectivity index is 1.46. The number of H-pyrrole nitrogens is 1. The summed E-state index contributed by atoms with van der Waals surface area (Å²) in [5, 5.41) is 11.4. The minimum atomic E-state index is -0.609. The van der Waals surface area contributed by atoms with E-state index >= 15 is 0 Å². The van der Waals surface area contributed by atoms with Gasteiger partial charge in [0.25, 0.3) is 0 Å². The second kappa shape index (κ2) is 7.94. The van der Waals surface area contributed by atoms with Crippen molar-refractivity contribution in [2.24, 2.45) is 0 Å². The van der Waals surface area contributed by atoms with Gasteiger partial charge in [0, 0.05) is 36.3 Å². The molecule has 1 aromatic heterocycles. The molecule has 2 aliphatic heterocycles. The maximum Gasteiger partial charge on any atom is 0.0702 e. The number of fused-ring (bicyclic) bond motifs is 1. The molecular weight excluding hydrogens is 336 g/mol. The monoisotopic (exact) mass is 370 g/mol. The summed E-state index contributed by atoms with van der Waals surface area (Å²) in [6, 6.07) is 7.34. The van der Waals surface area contributed by atoms with Crippen LogP contribution in [0.15, 0.2) is 24.4 Å². The van der Waals surface area contributed by atoms with Gasteiger partial charge in [0.05, 0.1) is 11.7 Å². The third kappa shape index (κ3) is 4.74. The molecule has 0 bridgehead atoms. The van der Waals surface area contributed by atoms with E-state index in [1.165, 1.54) is 54.3 Å². The molecule has 2 aromatic rings. The lowest BCUT2D eigenvalue weighted by atomic mass is 9.96. The Morgan fingerprint density at radius 3 is 2.93 bits per heavy atom. The number of benzene rings is 1. The van der Waals surface area contributed by atoms with Gasteiger partial charge in [0.15, 0.2) is 0 Å². The van der Waals surface area contributed by atoms with Crippen LogP contribution in [-0.2, 0) is 17.6 Å². The van der Waals surface area contributed by atoms with Crippen LogP contribution in [0.5, 0.6) is 0 Å². The molecule has 0 unspecified atom stereocenters.